The second kappa shape index (κ2) is 4.85. The Morgan fingerprint density at radius 1 is 0.947 bits per heavy atom. The minimum atomic E-state index is -4.12. The van der Waals surface area contributed by atoms with Crippen molar-refractivity contribution in [2.24, 2.45) is 0 Å². The van der Waals surface area contributed by atoms with Crippen LogP contribution in [0.15, 0.2) is 47.4 Å². The molecule has 2 rings (SSSR count). The highest BCUT2D eigenvalue weighted by Crippen LogP contribution is 2.23. The van der Waals surface area contributed by atoms with Gasteiger partial charge < -0.3 is 5.11 Å². The molecule has 0 saturated carbocycles. The van der Waals surface area contributed by atoms with Gasteiger partial charge in [-0.05, 0) is 36.4 Å². The number of phenolic OH excluding ortho intramolecular Hbond substituents is 1. The molecule has 0 spiro atoms. The summed E-state index contributed by atoms with van der Waals surface area (Å²) >= 11 is 0. The van der Waals surface area contributed by atoms with Crippen LogP contribution in [0.5, 0.6) is 5.75 Å². The molecule has 0 saturated heterocycles. The van der Waals surface area contributed by atoms with Crippen LogP contribution in [0.3, 0.4) is 0 Å². The lowest BCUT2D eigenvalue weighted by Crippen LogP contribution is -2.15. The average molecular weight is 285 g/mol. The van der Waals surface area contributed by atoms with Crippen LogP contribution in [0, 0.1) is 11.6 Å². The number of sulfonamides is 1. The number of halogens is 2. The van der Waals surface area contributed by atoms with Crippen molar-refractivity contribution in [3.05, 3.63) is 54.1 Å². The minimum Gasteiger partial charge on any atom is -0.508 e. The Bertz CT molecular complexity index is 679. The molecule has 0 aliphatic heterocycles. The fourth-order valence-electron chi connectivity index (χ4n) is 1.41. The van der Waals surface area contributed by atoms with E-state index in [0.29, 0.717) is 0 Å². The fraction of sp³-hybridized carbons (Fsp3) is 0. The molecule has 0 radical (unpaired) electrons. The van der Waals surface area contributed by atoms with Crippen LogP contribution in [-0.4, -0.2) is 13.5 Å². The quantitative estimate of drug-likeness (QED) is 0.910. The molecule has 7 heteroatoms. The second-order valence-corrected chi connectivity index (χ2v) is 5.38. The van der Waals surface area contributed by atoms with Crippen LogP contribution in [0.1, 0.15) is 0 Å². The van der Waals surface area contributed by atoms with Gasteiger partial charge in [-0.1, -0.05) is 6.07 Å². The van der Waals surface area contributed by atoms with E-state index < -0.39 is 27.3 Å². The Morgan fingerprint density at radius 2 is 1.47 bits per heavy atom. The summed E-state index contributed by atoms with van der Waals surface area (Å²) < 4.78 is 52.3. The first kappa shape index (κ1) is 13.3. The van der Waals surface area contributed by atoms with Gasteiger partial charge in [-0.2, -0.15) is 0 Å². The third-order valence-corrected chi connectivity index (χ3v) is 3.71. The van der Waals surface area contributed by atoms with Crippen molar-refractivity contribution in [1.82, 2.24) is 0 Å². The summed E-state index contributed by atoms with van der Waals surface area (Å²) in [4.78, 5) is -0.215. The van der Waals surface area contributed by atoms with Crippen LogP contribution in [0.4, 0.5) is 14.5 Å². The standard InChI is InChI=1S/C12H9F2NO3S/c13-10-2-1-3-11(14)12(10)15-19(17,18)9-6-4-8(16)5-7-9/h1-7,15-16H. The van der Waals surface area contributed by atoms with Crippen molar-refractivity contribution in [1.29, 1.82) is 0 Å². The van der Waals surface area contributed by atoms with E-state index in [2.05, 4.69) is 0 Å². The lowest BCUT2D eigenvalue weighted by atomic mass is 10.3. The lowest BCUT2D eigenvalue weighted by molar-refractivity contribution is 0.475. The molecule has 0 atom stereocenters. The number of aromatic hydroxyl groups is 1. The topological polar surface area (TPSA) is 66.4 Å². The number of para-hydroxylation sites is 1. The fourth-order valence-corrected chi connectivity index (χ4v) is 2.49. The van der Waals surface area contributed by atoms with E-state index >= 15 is 0 Å². The number of phenols is 1. The molecule has 0 aromatic heterocycles. The number of anilines is 1. The van der Waals surface area contributed by atoms with E-state index in [-0.39, 0.29) is 10.6 Å². The predicted octanol–water partition coefficient (Wildman–Crippen LogP) is 2.47. The normalized spacial score (nSPS) is 11.3. The molecule has 19 heavy (non-hydrogen) atoms. The van der Waals surface area contributed by atoms with E-state index in [1.165, 1.54) is 0 Å². The van der Waals surface area contributed by atoms with Crippen LogP contribution in [0.2, 0.25) is 0 Å². The summed E-state index contributed by atoms with van der Waals surface area (Å²) in [5.41, 5.74) is -0.740. The van der Waals surface area contributed by atoms with Crippen molar-refractivity contribution in [3.8, 4) is 5.75 Å². The van der Waals surface area contributed by atoms with Crippen LogP contribution in [-0.2, 0) is 10.0 Å². The Hall–Kier alpha value is -2.15. The number of benzene rings is 2. The number of rotatable bonds is 3. The van der Waals surface area contributed by atoms with Crippen LogP contribution >= 0.6 is 0 Å². The Labute approximate surface area is 108 Å². The summed E-state index contributed by atoms with van der Waals surface area (Å²) in [5.74, 6) is -2.14. The van der Waals surface area contributed by atoms with Crippen molar-refractivity contribution in [3.63, 3.8) is 0 Å². The first-order valence-corrected chi connectivity index (χ1v) is 6.64. The van der Waals surface area contributed by atoms with Crippen molar-refractivity contribution < 1.29 is 22.3 Å². The zero-order valence-electron chi connectivity index (χ0n) is 9.47. The molecule has 0 fully saturated rings. The zero-order chi connectivity index (χ0) is 14.0. The Kier molecular flexibility index (Phi) is 3.39. The van der Waals surface area contributed by atoms with Gasteiger partial charge in [0, 0.05) is 0 Å². The number of nitrogens with one attached hydrogen (secondary N) is 1. The highest BCUT2D eigenvalue weighted by atomic mass is 32.2. The van der Waals surface area contributed by atoms with Gasteiger partial charge in [-0.3, -0.25) is 4.72 Å². The summed E-state index contributed by atoms with van der Waals surface area (Å²) in [6, 6.07) is 7.57. The maximum Gasteiger partial charge on any atom is 0.262 e. The van der Waals surface area contributed by atoms with Gasteiger partial charge in [0.1, 0.15) is 23.1 Å². The molecule has 0 bridgehead atoms. The third kappa shape index (κ3) is 2.82. The Balaban J connectivity index is 2.39. The molecule has 0 heterocycles. The monoisotopic (exact) mass is 285 g/mol. The van der Waals surface area contributed by atoms with Gasteiger partial charge in [0.05, 0.1) is 4.90 Å². The van der Waals surface area contributed by atoms with Crippen LogP contribution in [0.25, 0.3) is 0 Å². The molecule has 0 unspecified atom stereocenters. The van der Waals surface area contributed by atoms with E-state index in [9.17, 15) is 17.2 Å². The summed E-state index contributed by atoms with van der Waals surface area (Å²) in [7, 11) is -4.12. The summed E-state index contributed by atoms with van der Waals surface area (Å²) in [5, 5.41) is 9.07. The predicted molar refractivity (Wildman–Crippen MR) is 65.3 cm³/mol. The number of hydrogen-bond donors (Lipinski definition) is 2. The van der Waals surface area contributed by atoms with E-state index in [1.54, 1.807) is 0 Å². The largest absolute Gasteiger partial charge is 0.508 e. The smallest absolute Gasteiger partial charge is 0.262 e. The first-order valence-electron chi connectivity index (χ1n) is 5.16. The highest BCUT2D eigenvalue weighted by molar-refractivity contribution is 7.92. The maximum atomic E-state index is 13.4. The van der Waals surface area contributed by atoms with Gasteiger partial charge in [0.2, 0.25) is 0 Å². The molecule has 100 valence electrons. The SMILES string of the molecule is O=S(=O)(Nc1c(F)cccc1F)c1ccc(O)cc1. The summed E-state index contributed by atoms with van der Waals surface area (Å²) in [6.45, 7) is 0. The highest BCUT2D eigenvalue weighted by Gasteiger charge is 2.18. The maximum absolute atomic E-state index is 13.4. The molecule has 2 aromatic rings. The molecule has 2 N–H and O–H groups in total. The average Bonchev–Trinajstić information content (AvgIpc) is 2.35. The molecule has 0 aliphatic carbocycles. The summed E-state index contributed by atoms with van der Waals surface area (Å²) in [6.07, 6.45) is 0. The van der Waals surface area contributed by atoms with Gasteiger partial charge in [0.15, 0.2) is 0 Å². The van der Waals surface area contributed by atoms with Gasteiger partial charge in [-0.15, -0.1) is 0 Å². The van der Waals surface area contributed by atoms with E-state index in [1.807, 2.05) is 4.72 Å². The van der Waals surface area contributed by atoms with Crippen molar-refractivity contribution in [2.45, 2.75) is 4.90 Å². The van der Waals surface area contributed by atoms with E-state index in [0.717, 1.165) is 42.5 Å². The van der Waals surface area contributed by atoms with Gasteiger partial charge in [0.25, 0.3) is 10.0 Å². The van der Waals surface area contributed by atoms with Gasteiger partial charge in [-0.25, -0.2) is 17.2 Å². The van der Waals surface area contributed by atoms with Crippen molar-refractivity contribution in [2.75, 3.05) is 4.72 Å². The zero-order valence-corrected chi connectivity index (χ0v) is 10.3. The Morgan fingerprint density at radius 3 is 2.00 bits per heavy atom. The minimum absolute atomic E-state index is 0.115. The number of hydrogen-bond acceptors (Lipinski definition) is 3. The molecular weight excluding hydrogens is 276 g/mol. The third-order valence-electron chi connectivity index (χ3n) is 2.35. The van der Waals surface area contributed by atoms with Crippen molar-refractivity contribution >= 4 is 15.7 Å². The van der Waals surface area contributed by atoms with E-state index in [4.69, 9.17) is 5.11 Å². The molecule has 4 nitrogen and oxygen atoms in total. The lowest BCUT2D eigenvalue weighted by Gasteiger charge is -2.09. The molecular formula is C12H9F2NO3S. The molecule has 2 aromatic carbocycles. The van der Waals surface area contributed by atoms with Crippen LogP contribution < -0.4 is 4.72 Å². The molecule has 0 aliphatic rings. The molecule has 0 amide bonds. The van der Waals surface area contributed by atoms with Gasteiger partial charge >= 0.3 is 0 Å². The second-order valence-electron chi connectivity index (χ2n) is 3.70. The first-order chi connectivity index (χ1) is 8.90.